The summed E-state index contributed by atoms with van der Waals surface area (Å²) in [4.78, 5) is 6.80. The zero-order valence-electron chi connectivity index (χ0n) is 10.1. The topological polar surface area (TPSA) is 55.3 Å². The van der Waals surface area contributed by atoms with Gasteiger partial charge < -0.3 is 15.1 Å². The van der Waals surface area contributed by atoms with Gasteiger partial charge in [-0.1, -0.05) is 6.92 Å². The molecule has 1 aliphatic rings. The molecule has 0 spiro atoms. The van der Waals surface area contributed by atoms with E-state index in [2.05, 4.69) is 16.8 Å². The number of rotatable bonds is 3. The van der Waals surface area contributed by atoms with Crippen molar-refractivity contribution in [2.45, 2.75) is 38.6 Å². The number of aromatic nitrogens is 1. The first-order valence-corrected chi connectivity index (χ1v) is 6.14. The lowest BCUT2D eigenvalue weighted by Crippen LogP contribution is -2.34. The summed E-state index contributed by atoms with van der Waals surface area (Å²) in [5, 5.41) is 0. The van der Waals surface area contributed by atoms with E-state index < -0.39 is 0 Å². The van der Waals surface area contributed by atoms with Crippen LogP contribution >= 0.6 is 0 Å². The number of hydrogen-bond donors (Lipinski definition) is 1. The fourth-order valence-corrected chi connectivity index (χ4v) is 2.24. The maximum absolute atomic E-state index is 5.77. The smallest absolute Gasteiger partial charge is 0.198 e. The average Bonchev–Trinajstić information content (AvgIpc) is 2.78. The molecule has 1 aromatic heterocycles. The molecule has 16 heavy (non-hydrogen) atoms. The summed E-state index contributed by atoms with van der Waals surface area (Å²) in [5.74, 6) is 2.11. The number of likely N-dealkylation sites (N-methyl/N-ethyl adjacent to an activating group) is 1. The third-order valence-corrected chi connectivity index (χ3v) is 3.29. The summed E-state index contributed by atoms with van der Waals surface area (Å²) in [6.07, 6.45) is 4.18. The van der Waals surface area contributed by atoms with Crippen LogP contribution in [0.5, 0.6) is 0 Å². The van der Waals surface area contributed by atoms with Gasteiger partial charge in [-0.05, 0) is 32.9 Å². The zero-order chi connectivity index (χ0) is 11.5. The maximum atomic E-state index is 5.77. The molecular weight excluding hydrogens is 202 g/mol. The Balaban J connectivity index is 2.05. The van der Waals surface area contributed by atoms with Gasteiger partial charge in [0, 0.05) is 12.5 Å². The summed E-state index contributed by atoms with van der Waals surface area (Å²) >= 11 is 0. The van der Waals surface area contributed by atoms with E-state index in [1.165, 1.54) is 19.4 Å². The first-order valence-electron chi connectivity index (χ1n) is 6.14. The highest BCUT2D eigenvalue weighted by molar-refractivity contribution is 5.03. The first kappa shape index (κ1) is 11.6. The standard InChI is InChI=1S/C12H21N3O/c1-3-15-6-4-5-10(8-15)12-14-7-11(16-12)9(2)13/h7,9-10H,3-6,8,13H2,1-2H3. The van der Waals surface area contributed by atoms with Gasteiger partial charge in [-0.25, -0.2) is 4.98 Å². The molecule has 0 aromatic carbocycles. The van der Waals surface area contributed by atoms with E-state index in [0.717, 1.165) is 24.7 Å². The Hall–Kier alpha value is -0.870. The largest absolute Gasteiger partial charge is 0.444 e. The first-order chi connectivity index (χ1) is 7.70. The fourth-order valence-electron chi connectivity index (χ4n) is 2.24. The highest BCUT2D eigenvalue weighted by atomic mass is 16.4. The summed E-state index contributed by atoms with van der Waals surface area (Å²) in [6.45, 7) is 7.50. The van der Waals surface area contributed by atoms with Crippen LogP contribution in [0.15, 0.2) is 10.6 Å². The van der Waals surface area contributed by atoms with Gasteiger partial charge in [0.15, 0.2) is 5.89 Å². The van der Waals surface area contributed by atoms with Crippen LogP contribution in [0.4, 0.5) is 0 Å². The lowest BCUT2D eigenvalue weighted by atomic mass is 9.98. The number of nitrogens with zero attached hydrogens (tertiary/aromatic N) is 2. The Morgan fingerprint density at radius 2 is 2.50 bits per heavy atom. The van der Waals surface area contributed by atoms with Crippen LogP contribution in [0, 0.1) is 0 Å². The number of likely N-dealkylation sites (tertiary alicyclic amines) is 1. The summed E-state index contributed by atoms with van der Waals surface area (Å²) in [6, 6.07) is -0.0629. The van der Waals surface area contributed by atoms with Gasteiger partial charge in [-0.15, -0.1) is 0 Å². The van der Waals surface area contributed by atoms with Crippen molar-refractivity contribution >= 4 is 0 Å². The Kier molecular flexibility index (Phi) is 3.61. The van der Waals surface area contributed by atoms with Gasteiger partial charge in [-0.2, -0.15) is 0 Å². The third kappa shape index (κ3) is 2.44. The Labute approximate surface area is 96.8 Å². The minimum absolute atomic E-state index is 0.0629. The fraction of sp³-hybridized carbons (Fsp3) is 0.750. The summed E-state index contributed by atoms with van der Waals surface area (Å²) < 4.78 is 5.71. The summed E-state index contributed by atoms with van der Waals surface area (Å²) in [7, 11) is 0. The number of oxazole rings is 1. The second-order valence-electron chi connectivity index (χ2n) is 4.62. The molecule has 1 aromatic rings. The molecule has 1 aliphatic heterocycles. The van der Waals surface area contributed by atoms with E-state index in [-0.39, 0.29) is 6.04 Å². The molecule has 2 N–H and O–H groups in total. The van der Waals surface area contributed by atoms with Crippen molar-refractivity contribution in [1.82, 2.24) is 9.88 Å². The molecule has 1 saturated heterocycles. The quantitative estimate of drug-likeness (QED) is 0.850. The minimum atomic E-state index is -0.0629. The Morgan fingerprint density at radius 3 is 3.12 bits per heavy atom. The molecular formula is C12H21N3O. The molecule has 4 nitrogen and oxygen atoms in total. The molecule has 4 heteroatoms. The summed E-state index contributed by atoms with van der Waals surface area (Å²) in [5.41, 5.74) is 5.77. The van der Waals surface area contributed by atoms with E-state index in [1.807, 2.05) is 6.92 Å². The minimum Gasteiger partial charge on any atom is -0.444 e. The van der Waals surface area contributed by atoms with Crippen molar-refractivity contribution in [2.75, 3.05) is 19.6 Å². The van der Waals surface area contributed by atoms with Crippen LogP contribution in [0.3, 0.4) is 0 Å². The zero-order valence-corrected chi connectivity index (χ0v) is 10.1. The highest BCUT2D eigenvalue weighted by Gasteiger charge is 2.24. The predicted molar refractivity (Wildman–Crippen MR) is 63.2 cm³/mol. The number of hydrogen-bond acceptors (Lipinski definition) is 4. The Morgan fingerprint density at radius 1 is 1.69 bits per heavy atom. The number of nitrogens with two attached hydrogens (primary N) is 1. The molecule has 0 saturated carbocycles. The van der Waals surface area contributed by atoms with E-state index in [1.54, 1.807) is 6.20 Å². The van der Waals surface area contributed by atoms with Crippen LogP contribution in [-0.2, 0) is 0 Å². The van der Waals surface area contributed by atoms with E-state index in [0.29, 0.717) is 5.92 Å². The number of piperidine rings is 1. The molecule has 0 amide bonds. The normalized spacial score (nSPS) is 24.6. The average molecular weight is 223 g/mol. The van der Waals surface area contributed by atoms with E-state index >= 15 is 0 Å². The molecule has 0 bridgehead atoms. The van der Waals surface area contributed by atoms with Gasteiger partial charge in [0.25, 0.3) is 0 Å². The van der Waals surface area contributed by atoms with Crippen LogP contribution in [0.2, 0.25) is 0 Å². The second-order valence-corrected chi connectivity index (χ2v) is 4.62. The van der Waals surface area contributed by atoms with Gasteiger partial charge in [0.1, 0.15) is 5.76 Å². The second kappa shape index (κ2) is 4.97. The van der Waals surface area contributed by atoms with Crippen molar-refractivity contribution in [3.8, 4) is 0 Å². The van der Waals surface area contributed by atoms with Gasteiger partial charge in [0.2, 0.25) is 0 Å². The van der Waals surface area contributed by atoms with Crippen molar-refractivity contribution in [3.63, 3.8) is 0 Å². The van der Waals surface area contributed by atoms with Crippen LogP contribution in [-0.4, -0.2) is 29.5 Å². The molecule has 90 valence electrons. The molecule has 1 fully saturated rings. The van der Waals surface area contributed by atoms with Crippen LogP contribution < -0.4 is 5.73 Å². The molecule has 0 radical (unpaired) electrons. The Bertz CT molecular complexity index is 335. The molecule has 0 aliphatic carbocycles. The van der Waals surface area contributed by atoms with Crippen LogP contribution in [0.1, 0.15) is 50.3 Å². The van der Waals surface area contributed by atoms with Crippen molar-refractivity contribution in [3.05, 3.63) is 17.8 Å². The van der Waals surface area contributed by atoms with Crippen molar-refractivity contribution in [2.24, 2.45) is 5.73 Å². The molecule has 2 atom stereocenters. The lowest BCUT2D eigenvalue weighted by Gasteiger charge is -2.30. The van der Waals surface area contributed by atoms with Crippen LogP contribution in [0.25, 0.3) is 0 Å². The van der Waals surface area contributed by atoms with Gasteiger partial charge in [0.05, 0.1) is 12.2 Å². The maximum Gasteiger partial charge on any atom is 0.198 e. The highest BCUT2D eigenvalue weighted by Crippen LogP contribution is 2.27. The van der Waals surface area contributed by atoms with E-state index in [9.17, 15) is 0 Å². The monoisotopic (exact) mass is 223 g/mol. The van der Waals surface area contributed by atoms with Crippen molar-refractivity contribution in [1.29, 1.82) is 0 Å². The SMILES string of the molecule is CCN1CCCC(c2ncc(C(C)N)o2)C1. The predicted octanol–water partition coefficient (Wildman–Crippen LogP) is 1.89. The van der Waals surface area contributed by atoms with Gasteiger partial charge in [-0.3, -0.25) is 0 Å². The van der Waals surface area contributed by atoms with Gasteiger partial charge >= 0.3 is 0 Å². The lowest BCUT2D eigenvalue weighted by molar-refractivity contribution is 0.200. The molecule has 2 rings (SSSR count). The third-order valence-electron chi connectivity index (χ3n) is 3.29. The molecule has 2 heterocycles. The van der Waals surface area contributed by atoms with Crippen molar-refractivity contribution < 1.29 is 4.42 Å². The van der Waals surface area contributed by atoms with E-state index in [4.69, 9.17) is 10.2 Å². The molecule has 2 unspecified atom stereocenters.